The first-order valence-electron chi connectivity index (χ1n) is 7.21. The second-order valence-corrected chi connectivity index (χ2v) is 6.72. The van der Waals surface area contributed by atoms with Gasteiger partial charge in [-0.15, -0.1) is 0 Å². The van der Waals surface area contributed by atoms with Crippen LogP contribution >= 0.6 is 11.6 Å². The molecule has 0 atom stereocenters. The van der Waals surface area contributed by atoms with Gasteiger partial charge in [-0.1, -0.05) is 16.8 Å². The van der Waals surface area contributed by atoms with E-state index in [1.54, 1.807) is 24.3 Å². The zero-order valence-electron chi connectivity index (χ0n) is 12.1. The largest absolute Gasteiger partial charge is 0.485 e. The van der Waals surface area contributed by atoms with Gasteiger partial charge in [0.2, 0.25) is 11.7 Å². The fourth-order valence-electron chi connectivity index (χ4n) is 3.58. The van der Waals surface area contributed by atoms with Gasteiger partial charge in [0.25, 0.3) is 0 Å². The van der Waals surface area contributed by atoms with E-state index in [-0.39, 0.29) is 17.6 Å². The van der Waals surface area contributed by atoms with Crippen LogP contribution in [-0.4, -0.2) is 26.9 Å². The molecular formula is C15H14ClN3O4. The third-order valence-electron chi connectivity index (χ3n) is 4.51. The van der Waals surface area contributed by atoms with Crippen LogP contribution in [0.3, 0.4) is 0 Å². The molecule has 3 aliphatic rings. The van der Waals surface area contributed by atoms with Crippen LogP contribution in [0.25, 0.3) is 0 Å². The van der Waals surface area contributed by atoms with Gasteiger partial charge >= 0.3 is 6.09 Å². The van der Waals surface area contributed by atoms with E-state index in [0.29, 0.717) is 41.7 Å². The van der Waals surface area contributed by atoms with Crippen molar-refractivity contribution in [3.63, 3.8) is 0 Å². The van der Waals surface area contributed by atoms with Crippen LogP contribution in [0.5, 0.6) is 5.75 Å². The topological polar surface area (TPSA) is 97.5 Å². The second-order valence-electron chi connectivity index (χ2n) is 6.28. The average Bonchev–Trinajstić information content (AvgIpc) is 2.89. The molecule has 3 saturated carbocycles. The first kappa shape index (κ1) is 14.3. The number of hydrogen-bond donors (Lipinski definition) is 2. The summed E-state index contributed by atoms with van der Waals surface area (Å²) in [6.45, 7) is 0.208. The van der Waals surface area contributed by atoms with Crippen molar-refractivity contribution in [1.82, 2.24) is 15.5 Å². The third-order valence-corrected chi connectivity index (χ3v) is 4.76. The van der Waals surface area contributed by atoms with Crippen molar-refractivity contribution in [2.45, 2.75) is 36.8 Å². The van der Waals surface area contributed by atoms with E-state index in [9.17, 15) is 4.79 Å². The number of rotatable bonds is 5. The van der Waals surface area contributed by atoms with E-state index in [1.165, 1.54) is 0 Å². The number of carbonyl (C=O) groups is 1. The number of carboxylic acid groups (broad SMARTS) is 1. The molecular weight excluding hydrogens is 322 g/mol. The van der Waals surface area contributed by atoms with Crippen LogP contribution in [0.1, 0.15) is 31.0 Å². The van der Waals surface area contributed by atoms with Gasteiger partial charge in [0.05, 0.1) is 5.41 Å². The Morgan fingerprint density at radius 2 is 2.04 bits per heavy atom. The average molecular weight is 336 g/mol. The summed E-state index contributed by atoms with van der Waals surface area (Å²) >= 11 is 5.81. The van der Waals surface area contributed by atoms with Crippen molar-refractivity contribution in [3.8, 4) is 5.75 Å². The van der Waals surface area contributed by atoms with E-state index in [4.69, 9.17) is 26.0 Å². The SMILES string of the molecule is O=C(O)NC12CC(c3nc(COc4ccc(Cl)cc4)no3)(C1)C2. The van der Waals surface area contributed by atoms with E-state index in [0.717, 1.165) is 0 Å². The highest BCUT2D eigenvalue weighted by atomic mass is 35.5. The number of ether oxygens (including phenoxy) is 1. The lowest BCUT2D eigenvalue weighted by Crippen LogP contribution is -2.76. The zero-order chi connectivity index (χ0) is 16.1. The lowest BCUT2D eigenvalue weighted by Gasteiger charge is -2.67. The Hall–Kier alpha value is -2.28. The monoisotopic (exact) mass is 335 g/mol. The highest BCUT2D eigenvalue weighted by Crippen LogP contribution is 2.67. The van der Waals surface area contributed by atoms with E-state index >= 15 is 0 Å². The number of amides is 1. The predicted molar refractivity (Wildman–Crippen MR) is 79.5 cm³/mol. The first-order valence-corrected chi connectivity index (χ1v) is 7.59. The summed E-state index contributed by atoms with van der Waals surface area (Å²) in [6, 6.07) is 7.03. The van der Waals surface area contributed by atoms with Crippen molar-refractivity contribution in [1.29, 1.82) is 0 Å². The molecule has 3 fully saturated rings. The molecule has 2 N–H and O–H groups in total. The molecule has 0 unspecified atom stereocenters. The molecule has 3 aliphatic carbocycles. The Labute approximate surface area is 136 Å². The van der Waals surface area contributed by atoms with E-state index < -0.39 is 6.09 Å². The molecule has 0 spiro atoms. The number of nitrogens with zero attached hydrogens (tertiary/aromatic N) is 2. The summed E-state index contributed by atoms with van der Waals surface area (Å²) in [6.07, 6.45) is 1.16. The molecule has 2 aromatic rings. The number of halogens is 1. The fourth-order valence-corrected chi connectivity index (χ4v) is 3.71. The summed E-state index contributed by atoms with van der Waals surface area (Å²) < 4.78 is 10.9. The van der Waals surface area contributed by atoms with Crippen LogP contribution in [0.15, 0.2) is 28.8 Å². The predicted octanol–water partition coefficient (Wildman–Crippen LogP) is 2.74. The molecule has 8 heteroatoms. The molecule has 1 aromatic carbocycles. The quantitative estimate of drug-likeness (QED) is 0.872. The van der Waals surface area contributed by atoms with Gasteiger partial charge < -0.3 is 19.7 Å². The maximum Gasteiger partial charge on any atom is 0.405 e. The molecule has 1 amide bonds. The Morgan fingerprint density at radius 1 is 1.35 bits per heavy atom. The van der Waals surface area contributed by atoms with E-state index in [2.05, 4.69) is 15.5 Å². The Bertz CT molecular complexity index is 739. The van der Waals surface area contributed by atoms with Gasteiger partial charge in [-0.25, -0.2) is 4.79 Å². The molecule has 0 aliphatic heterocycles. The van der Waals surface area contributed by atoms with Gasteiger partial charge in [0.1, 0.15) is 5.75 Å². The van der Waals surface area contributed by atoms with E-state index in [1.807, 2.05) is 0 Å². The second kappa shape index (κ2) is 4.86. The number of hydrogen-bond acceptors (Lipinski definition) is 5. The normalized spacial score (nSPS) is 27.7. The minimum atomic E-state index is -0.985. The van der Waals surface area contributed by atoms with Gasteiger partial charge in [-0.05, 0) is 43.5 Å². The van der Waals surface area contributed by atoms with Crippen LogP contribution in [0, 0.1) is 0 Å². The van der Waals surface area contributed by atoms with Gasteiger partial charge in [0.15, 0.2) is 6.61 Å². The summed E-state index contributed by atoms with van der Waals surface area (Å²) in [4.78, 5) is 15.1. The smallest absolute Gasteiger partial charge is 0.405 e. The fraction of sp³-hybridized carbons (Fsp3) is 0.400. The standard InChI is InChI=1S/C15H14ClN3O4/c16-9-1-3-10(4-2-9)22-5-11-17-12(23-19-11)14-6-15(7-14,8-14)18-13(20)21/h1-4,18H,5-8H2,(H,20,21). The van der Waals surface area contributed by atoms with Crippen LogP contribution in [0.4, 0.5) is 4.79 Å². The molecule has 7 nitrogen and oxygen atoms in total. The number of benzene rings is 1. The lowest BCUT2D eigenvalue weighted by atomic mass is 9.39. The van der Waals surface area contributed by atoms with Crippen molar-refractivity contribution in [3.05, 3.63) is 41.0 Å². The van der Waals surface area contributed by atoms with Gasteiger partial charge in [-0.2, -0.15) is 4.98 Å². The Balaban J connectivity index is 1.36. The molecule has 0 saturated heterocycles. The van der Waals surface area contributed by atoms with Crippen LogP contribution < -0.4 is 10.1 Å². The minimum Gasteiger partial charge on any atom is -0.485 e. The maximum atomic E-state index is 10.7. The summed E-state index contributed by atoms with van der Waals surface area (Å²) in [5.74, 6) is 1.72. The summed E-state index contributed by atoms with van der Waals surface area (Å²) in [7, 11) is 0. The maximum absolute atomic E-state index is 10.7. The van der Waals surface area contributed by atoms with Crippen LogP contribution in [0.2, 0.25) is 5.02 Å². The molecule has 5 rings (SSSR count). The van der Waals surface area contributed by atoms with Crippen molar-refractivity contribution >= 4 is 17.7 Å². The number of nitrogens with one attached hydrogen (secondary N) is 1. The van der Waals surface area contributed by atoms with Crippen molar-refractivity contribution in [2.24, 2.45) is 0 Å². The molecule has 2 bridgehead atoms. The zero-order valence-corrected chi connectivity index (χ0v) is 12.8. The van der Waals surface area contributed by atoms with Crippen molar-refractivity contribution in [2.75, 3.05) is 0 Å². The Morgan fingerprint density at radius 3 is 2.70 bits per heavy atom. The van der Waals surface area contributed by atoms with Crippen LogP contribution in [-0.2, 0) is 12.0 Å². The summed E-state index contributed by atoms with van der Waals surface area (Å²) in [5.41, 5.74) is -0.450. The molecule has 120 valence electrons. The molecule has 0 radical (unpaired) electrons. The number of aromatic nitrogens is 2. The minimum absolute atomic E-state index is 0.159. The third kappa shape index (κ3) is 2.41. The Kier molecular flexibility index (Phi) is 3.02. The first-order chi connectivity index (χ1) is 11.0. The highest BCUT2D eigenvalue weighted by Gasteiger charge is 2.72. The molecule has 23 heavy (non-hydrogen) atoms. The van der Waals surface area contributed by atoms with Crippen molar-refractivity contribution < 1.29 is 19.2 Å². The molecule has 1 aromatic heterocycles. The molecule has 1 heterocycles. The van der Waals surface area contributed by atoms with Gasteiger partial charge in [-0.3, -0.25) is 0 Å². The van der Waals surface area contributed by atoms with Gasteiger partial charge in [0, 0.05) is 10.6 Å². The summed E-state index contributed by atoms with van der Waals surface area (Å²) in [5, 5.41) is 15.9. The lowest BCUT2D eigenvalue weighted by molar-refractivity contribution is -0.0998. The highest BCUT2D eigenvalue weighted by molar-refractivity contribution is 6.30.